The van der Waals surface area contributed by atoms with E-state index in [0.717, 1.165) is 37.1 Å². The molecule has 0 aliphatic heterocycles. The molecule has 1 aromatic rings. The topological polar surface area (TPSA) is 26.3 Å². The van der Waals surface area contributed by atoms with Gasteiger partial charge < -0.3 is 9.22 Å². The van der Waals surface area contributed by atoms with Crippen LogP contribution in [0.5, 0.6) is 0 Å². The Morgan fingerprint density at radius 3 is 2.21 bits per heavy atom. The van der Waals surface area contributed by atoms with Gasteiger partial charge in [0.15, 0.2) is 0 Å². The number of rotatable bonds is 10. The van der Waals surface area contributed by atoms with Crippen LogP contribution in [0.2, 0.25) is 0 Å². The molecule has 0 amide bonds. The summed E-state index contributed by atoms with van der Waals surface area (Å²) in [5.41, 5.74) is 3.21. The van der Waals surface area contributed by atoms with Gasteiger partial charge in [0.2, 0.25) is 0 Å². The second-order valence-corrected chi connectivity index (χ2v) is 6.82. The Bertz CT molecular complexity index is 529. The van der Waals surface area contributed by atoms with Gasteiger partial charge in [-0.15, -0.1) is 0 Å². The molecule has 0 heterocycles. The second kappa shape index (κ2) is 9.63. The lowest BCUT2D eigenvalue weighted by atomic mass is 9.97. The summed E-state index contributed by atoms with van der Waals surface area (Å²) in [6.45, 7) is 18.5. The van der Waals surface area contributed by atoms with Crippen LogP contribution in [-0.4, -0.2) is 36.7 Å². The van der Waals surface area contributed by atoms with E-state index in [2.05, 4.69) is 58.5 Å². The first-order chi connectivity index (χ1) is 11.4. The maximum atomic E-state index is 11.6. The van der Waals surface area contributed by atoms with Crippen molar-refractivity contribution in [3.8, 4) is 0 Å². The highest BCUT2D eigenvalue weighted by atomic mass is 16.5. The molecule has 0 aromatic heterocycles. The number of carbonyl (C=O) groups excluding carboxylic acids is 1. The van der Waals surface area contributed by atoms with E-state index in [1.165, 1.54) is 11.1 Å². The van der Waals surface area contributed by atoms with Gasteiger partial charge in [0.25, 0.3) is 0 Å². The van der Waals surface area contributed by atoms with Gasteiger partial charge in [-0.2, -0.15) is 0 Å². The van der Waals surface area contributed by atoms with Gasteiger partial charge in [0.05, 0.1) is 13.1 Å². The van der Waals surface area contributed by atoms with Crippen molar-refractivity contribution >= 4 is 5.97 Å². The predicted octanol–water partition coefficient (Wildman–Crippen LogP) is 4.68. The lowest BCUT2D eigenvalue weighted by Crippen LogP contribution is -2.49. The fourth-order valence-electron chi connectivity index (χ4n) is 2.87. The first-order valence-corrected chi connectivity index (χ1v) is 9.14. The van der Waals surface area contributed by atoms with Crippen LogP contribution in [0.15, 0.2) is 36.4 Å². The van der Waals surface area contributed by atoms with Crippen molar-refractivity contribution in [1.82, 2.24) is 0 Å². The molecule has 0 bridgehead atoms. The van der Waals surface area contributed by atoms with E-state index >= 15 is 0 Å². The molecule has 0 fully saturated rings. The van der Waals surface area contributed by atoms with Crippen molar-refractivity contribution < 1.29 is 14.0 Å². The summed E-state index contributed by atoms with van der Waals surface area (Å²) in [7, 11) is 0. The fraction of sp³-hybridized carbons (Fsp3) is 0.571. The van der Waals surface area contributed by atoms with E-state index in [1.807, 2.05) is 0 Å². The van der Waals surface area contributed by atoms with Crippen LogP contribution in [0, 0.1) is 0 Å². The number of nitrogens with zero attached hydrogens (tertiary/aromatic N) is 1. The van der Waals surface area contributed by atoms with Crippen LogP contribution in [0.4, 0.5) is 0 Å². The molecule has 0 saturated carbocycles. The highest BCUT2D eigenvalue weighted by molar-refractivity contribution is 5.86. The number of carbonyl (C=O) groups is 1. The number of benzene rings is 1. The molecule has 24 heavy (non-hydrogen) atoms. The van der Waals surface area contributed by atoms with Crippen LogP contribution >= 0.6 is 0 Å². The Morgan fingerprint density at radius 2 is 1.75 bits per heavy atom. The van der Waals surface area contributed by atoms with Gasteiger partial charge >= 0.3 is 5.97 Å². The van der Waals surface area contributed by atoms with E-state index in [0.29, 0.717) is 18.1 Å². The number of ether oxygens (including phenoxy) is 1. The van der Waals surface area contributed by atoms with Crippen molar-refractivity contribution in [3.05, 3.63) is 47.5 Å². The summed E-state index contributed by atoms with van der Waals surface area (Å²) in [6, 6.07) is 9.01. The van der Waals surface area contributed by atoms with Crippen LogP contribution in [0.25, 0.3) is 0 Å². The van der Waals surface area contributed by atoms with Gasteiger partial charge in [0.1, 0.15) is 19.7 Å². The molecule has 1 atom stereocenters. The lowest BCUT2D eigenvalue weighted by molar-refractivity contribution is -0.937. The first kappa shape index (κ1) is 20.4. The smallest absolute Gasteiger partial charge is 0.333 e. The minimum absolute atomic E-state index is 0.293. The van der Waals surface area contributed by atoms with Crippen LogP contribution in [0.3, 0.4) is 0 Å². The molecular weight excluding hydrogens is 298 g/mol. The molecule has 1 unspecified atom stereocenters. The Balaban J connectivity index is 2.73. The third-order valence-corrected chi connectivity index (χ3v) is 5.17. The third kappa shape index (κ3) is 5.79. The van der Waals surface area contributed by atoms with E-state index in [9.17, 15) is 4.79 Å². The Hall–Kier alpha value is -1.61. The SMILES string of the molecule is C=C(C)C(=O)OCC[N+](CC)(CC)Cc1ccc(C(C)CC)cc1. The zero-order chi connectivity index (χ0) is 18.2. The minimum Gasteiger partial charge on any atom is -0.456 e. The number of hydrogen-bond donors (Lipinski definition) is 0. The van der Waals surface area contributed by atoms with Crippen molar-refractivity contribution in [2.75, 3.05) is 26.2 Å². The lowest BCUT2D eigenvalue weighted by Gasteiger charge is -2.36. The molecule has 134 valence electrons. The van der Waals surface area contributed by atoms with E-state index in [-0.39, 0.29) is 5.97 Å². The minimum atomic E-state index is -0.293. The van der Waals surface area contributed by atoms with E-state index < -0.39 is 0 Å². The number of hydrogen-bond acceptors (Lipinski definition) is 2. The molecular formula is C21H34NO2+. The summed E-state index contributed by atoms with van der Waals surface area (Å²) in [5.74, 6) is 0.315. The maximum absolute atomic E-state index is 11.6. The molecule has 1 aromatic carbocycles. The molecule has 0 radical (unpaired) electrons. The van der Waals surface area contributed by atoms with Gasteiger partial charge in [-0.1, -0.05) is 44.7 Å². The Morgan fingerprint density at radius 1 is 1.17 bits per heavy atom. The highest BCUT2D eigenvalue weighted by Crippen LogP contribution is 2.21. The summed E-state index contributed by atoms with van der Waals surface area (Å²) in [5, 5.41) is 0. The molecule has 1 rings (SSSR count). The number of esters is 1. The average Bonchev–Trinajstić information content (AvgIpc) is 2.60. The van der Waals surface area contributed by atoms with Gasteiger partial charge in [-0.05, 0) is 38.7 Å². The van der Waals surface area contributed by atoms with Crippen molar-refractivity contribution in [2.45, 2.75) is 53.5 Å². The zero-order valence-corrected chi connectivity index (χ0v) is 16.1. The van der Waals surface area contributed by atoms with Gasteiger partial charge in [-0.3, -0.25) is 0 Å². The average molecular weight is 333 g/mol. The molecule has 0 aliphatic rings. The van der Waals surface area contributed by atoms with E-state index in [1.54, 1.807) is 6.92 Å². The normalized spacial score (nSPS) is 12.7. The van der Waals surface area contributed by atoms with Crippen molar-refractivity contribution in [2.24, 2.45) is 0 Å². The van der Waals surface area contributed by atoms with Gasteiger partial charge in [0, 0.05) is 11.1 Å². The highest BCUT2D eigenvalue weighted by Gasteiger charge is 2.24. The maximum Gasteiger partial charge on any atom is 0.333 e. The summed E-state index contributed by atoms with van der Waals surface area (Å²) in [6.07, 6.45) is 1.16. The zero-order valence-electron chi connectivity index (χ0n) is 16.1. The Labute approximate surface area is 147 Å². The summed E-state index contributed by atoms with van der Waals surface area (Å²) >= 11 is 0. The summed E-state index contributed by atoms with van der Waals surface area (Å²) in [4.78, 5) is 11.6. The molecule has 0 N–H and O–H groups in total. The number of quaternary nitrogens is 1. The standard InChI is InChI=1S/C21H34NO2/c1-7-18(6)20-12-10-19(11-13-20)16-22(8-2,9-3)14-15-24-21(23)17(4)5/h10-13,18H,4,7-9,14-16H2,1-3,5-6H3/q+1. The van der Waals surface area contributed by atoms with Crippen LogP contribution in [-0.2, 0) is 16.1 Å². The second-order valence-electron chi connectivity index (χ2n) is 6.82. The van der Waals surface area contributed by atoms with E-state index in [4.69, 9.17) is 4.74 Å². The largest absolute Gasteiger partial charge is 0.456 e. The first-order valence-electron chi connectivity index (χ1n) is 9.14. The molecule has 3 nitrogen and oxygen atoms in total. The molecule has 0 saturated heterocycles. The van der Waals surface area contributed by atoms with Gasteiger partial charge in [-0.25, -0.2) is 4.79 Å². The quantitative estimate of drug-likeness (QED) is 0.353. The summed E-state index contributed by atoms with van der Waals surface area (Å²) < 4.78 is 6.23. The predicted molar refractivity (Wildman–Crippen MR) is 101 cm³/mol. The van der Waals surface area contributed by atoms with Crippen molar-refractivity contribution in [1.29, 1.82) is 0 Å². The Kier molecular flexibility index (Phi) is 8.20. The third-order valence-electron chi connectivity index (χ3n) is 5.17. The monoisotopic (exact) mass is 332 g/mol. The molecule has 0 spiro atoms. The number of likely N-dealkylation sites (N-methyl/N-ethyl adjacent to an activating group) is 1. The molecule has 0 aliphatic carbocycles. The van der Waals surface area contributed by atoms with Crippen molar-refractivity contribution in [3.63, 3.8) is 0 Å². The fourth-order valence-corrected chi connectivity index (χ4v) is 2.87. The van der Waals surface area contributed by atoms with Crippen LogP contribution in [0.1, 0.15) is 58.1 Å². The van der Waals surface area contributed by atoms with Crippen LogP contribution < -0.4 is 0 Å². The molecule has 3 heteroatoms.